The summed E-state index contributed by atoms with van der Waals surface area (Å²) in [5.41, 5.74) is 7.17. The van der Waals surface area contributed by atoms with Crippen LogP contribution in [0.3, 0.4) is 0 Å². The Morgan fingerprint density at radius 2 is 1.76 bits per heavy atom. The van der Waals surface area contributed by atoms with Crippen LogP contribution >= 0.6 is 0 Å². The van der Waals surface area contributed by atoms with Gasteiger partial charge in [0, 0.05) is 5.56 Å². The van der Waals surface area contributed by atoms with E-state index in [1.165, 1.54) is 6.20 Å². The van der Waals surface area contributed by atoms with Gasteiger partial charge >= 0.3 is 0 Å². The van der Waals surface area contributed by atoms with Gasteiger partial charge in [-0.05, 0) is 26.0 Å². The van der Waals surface area contributed by atoms with E-state index in [9.17, 15) is 8.42 Å². The topological polar surface area (TPSA) is 125 Å². The standard InChI is InChI=1S/C16H17N5O3S/c1-10(2)25(22,23)12-5-3-11(4-6-12)13-8-18-9-14(19-13)16-21-20-15(7-17)24-16/h3-6,8-10H,7,17H2,1-2H3. The van der Waals surface area contributed by atoms with Crippen LogP contribution in [0.4, 0.5) is 0 Å². The summed E-state index contributed by atoms with van der Waals surface area (Å²) in [4.78, 5) is 8.85. The molecule has 130 valence electrons. The van der Waals surface area contributed by atoms with Crippen molar-refractivity contribution in [3.05, 3.63) is 42.5 Å². The SMILES string of the molecule is CC(C)S(=O)(=O)c1ccc(-c2cncc(-c3nnc(CN)o3)n2)cc1. The number of nitrogens with two attached hydrogens (primary N) is 1. The zero-order valence-electron chi connectivity index (χ0n) is 13.7. The number of hydrogen-bond donors (Lipinski definition) is 1. The second-order valence-corrected chi connectivity index (χ2v) is 8.12. The van der Waals surface area contributed by atoms with Gasteiger partial charge in [0.1, 0.15) is 5.69 Å². The fourth-order valence-corrected chi connectivity index (χ4v) is 3.20. The van der Waals surface area contributed by atoms with E-state index < -0.39 is 15.1 Å². The molecule has 9 heteroatoms. The van der Waals surface area contributed by atoms with Crippen molar-refractivity contribution < 1.29 is 12.8 Å². The Morgan fingerprint density at radius 1 is 1.08 bits per heavy atom. The molecule has 0 atom stereocenters. The molecule has 0 fully saturated rings. The van der Waals surface area contributed by atoms with Crippen LogP contribution in [0.5, 0.6) is 0 Å². The molecule has 0 unspecified atom stereocenters. The molecule has 2 aromatic heterocycles. The summed E-state index contributed by atoms with van der Waals surface area (Å²) in [6, 6.07) is 6.53. The van der Waals surface area contributed by atoms with Crippen LogP contribution in [0.25, 0.3) is 22.8 Å². The molecule has 0 amide bonds. The highest BCUT2D eigenvalue weighted by Gasteiger charge is 2.19. The largest absolute Gasteiger partial charge is 0.418 e. The monoisotopic (exact) mass is 359 g/mol. The molecule has 3 rings (SSSR count). The zero-order valence-corrected chi connectivity index (χ0v) is 14.6. The van der Waals surface area contributed by atoms with Crippen molar-refractivity contribution in [2.75, 3.05) is 0 Å². The van der Waals surface area contributed by atoms with Crippen molar-refractivity contribution in [2.24, 2.45) is 5.73 Å². The second kappa shape index (κ2) is 6.69. The number of nitrogens with zero attached hydrogens (tertiary/aromatic N) is 4. The van der Waals surface area contributed by atoms with Gasteiger partial charge in [-0.25, -0.2) is 13.4 Å². The van der Waals surface area contributed by atoms with Crippen molar-refractivity contribution in [2.45, 2.75) is 30.5 Å². The van der Waals surface area contributed by atoms with Gasteiger partial charge in [-0.2, -0.15) is 0 Å². The van der Waals surface area contributed by atoms with Gasteiger partial charge in [0.05, 0.1) is 34.8 Å². The van der Waals surface area contributed by atoms with Gasteiger partial charge in [0.2, 0.25) is 5.89 Å². The minimum atomic E-state index is -3.31. The summed E-state index contributed by atoms with van der Waals surface area (Å²) >= 11 is 0. The van der Waals surface area contributed by atoms with Gasteiger partial charge < -0.3 is 10.2 Å². The Balaban J connectivity index is 1.93. The zero-order chi connectivity index (χ0) is 18.0. The van der Waals surface area contributed by atoms with E-state index in [4.69, 9.17) is 10.2 Å². The summed E-state index contributed by atoms with van der Waals surface area (Å²) in [5, 5.41) is 7.20. The molecular formula is C16H17N5O3S. The maximum absolute atomic E-state index is 12.2. The van der Waals surface area contributed by atoms with E-state index >= 15 is 0 Å². The lowest BCUT2D eigenvalue weighted by Gasteiger charge is -2.08. The second-order valence-electron chi connectivity index (χ2n) is 5.61. The third-order valence-electron chi connectivity index (χ3n) is 3.59. The van der Waals surface area contributed by atoms with Gasteiger partial charge in [0.15, 0.2) is 9.84 Å². The van der Waals surface area contributed by atoms with E-state index in [-0.39, 0.29) is 17.3 Å². The Labute approximate surface area is 145 Å². The average Bonchev–Trinajstić information content (AvgIpc) is 3.11. The lowest BCUT2D eigenvalue weighted by molar-refractivity contribution is 0.507. The van der Waals surface area contributed by atoms with E-state index in [0.29, 0.717) is 17.3 Å². The van der Waals surface area contributed by atoms with Crippen LogP contribution < -0.4 is 5.73 Å². The van der Waals surface area contributed by atoms with Gasteiger partial charge in [-0.15, -0.1) is 10.2 Å². The molecule has 0 aliphatic heterocycles. The third kappa shape index (κ3) is 3.42. The lowest BCUT2D eigenvalue weighted by atomic mass is 10.1. The molecule has 2 N–H and O–H groups in total. The van der Waals surface area contributed by atoms with Crippen LogP contribution in [0, 0.1) is 0 Å². The molecule has 0 spiro atoms. The fraction of sp³-hybridized carbons (Fsp3) is 0.250. The van der Waals surface area contributed by atoms with Crippen LogP contribution in [0.15, 0.2) is 46.0 Å². The Hall–Kier alpha value is -2.65. The molecule has 0 aliphatic carbocycles. The molecule has 1 aromatic carbocycles. The predicted octanol–water partition coefficient (Wildman–Crippen LogP) is 1.83. The Morgan fingerprint density at radius 3 is 2.36 bits per heavy atom. The number of sulfone groups is 1. The number of hydrogen-bond acceptors (Lipinski definition) is 8. The molecule has 8 nitrogen and oxygen atoms in total. The van der Waals surface area contributed by atoms with Crippen molar-refractivity contribution in [1.82, 2.24) is 20.2 Å². The maximum Gasteiger partial charge on any atom is 0.267 e. The summed E-state index contributed by atoms with van der Waals surface area (Å²) in [6.45, 7) is 3.45. The molecule has 0 saturated carbocycles. The predicted molar refractivity (Wildman–Crippen MR) is 91.0 cm³/mol. The number of rotatable bonds is 5. The quantitative estimate of drug-likeness (QED) is 0.731. The van der Waals surface area contributed by atoms with Crippen LogP contribution in [0.1, 0.15) is 19.7 Å². The van der Waals surface area contributed by atoms with E-state index in [1.807, 2.05) is 0 Å². The Kier molecular flexibility index (Phi) is 4.60. The first kappa shape index (κ1) is 17.2. The van der Waals surface area contributed by atoms with Gasteiger partial charge in [-0.1, -0.05) is 12.1 Å². The minimum absolute atomic E-state index is 0.145. The first-order valence-corrected chi connectivity index (χ1v) is 9.15. The number of aromatic nitrogens is 4. The highest BCUT2D eigenvalue weighted by atomic mass is 32.2. The molecule has 0 aliphatic rings. The molecule has 0 radical (unpaired) electrons. The lowest BCUT2D eigenvalue weighted by Crippen LogP contribution is -2.13. The van der Waals surface area contributed by atoms with E-state index in [0.717, 1.165) is 5.56 Å². The maximum atomic E-state index is 12.2. The third-order valence-corrected chi connectivity index (χ3v) is 5.76. The normalized spacial score (nSPS) is 11.8. The molecule has 2 heterocycles. The number of benzene rings is 1. The molecule has 0 saturated heterocycles. The molecule has 3 aromatic rings. The van der Waals surface area contributed by atoms with Gasteiger partial charge in [0.25, 0.3) is 5.89 Å². The van der Waals surface area contributed by atoms with E-state index in [2.05, 4.69) is 20.2 Å². The highest BCUT2D eigenvalue weighted by Crippen LogP contribution is 2.23. The van der Waals surface area contributed by atoms with E-state index in [1.54, 1.807) is 44.3 Å². The highest BCUT2D eigenvalue weighted by molar-refractivity contribution is 7.92. The summed E-state index contributed by atoms with van der Waals surface area (Å²) in [6.07, 6.45) is 3.09. The van der Waals surface area contributed by atoms with Crippen molar-refractivity contribution in [1.29, 1.82) is 0 Å². The minimum Gasteiger partial charge on any atom is -0.418 e. The first-order chi connectivity index (χ1) is 11.9. The fourth-order valence-electron chi connectivity index (χ4n) is 2.14. The van der Waals surface area contributed by atoms with Crippen molar-refractivity contribution >= 4 is 9.84 Å². The van der Waals surface area contributed by atoms with Gasteiger partial charge in [-0.3, -0.25) is 4.98 Å². The van der Waals surface area contributed by atoms with Crippen LogP contribution in [-0.2, 0) is 16.4 Å². The van der Waals surface area contributed by atoms with Crippen molar-refractivity contribution in [3.8, 4) is 22.8 Å². The summed E-state index contributed by atoms with van der Waals surface area (Å²) < 4.78 is 29.7. The Bertz CT molecular complexity index is 981. The molecule has 25 heavy (non-hydrogen) atoms. The molecular weight excluding hydrogens is 342 g/mol. The summed E-state index contributed by atoms with van der Waals surface area (Å²) in [5.74, 6) is 0.541. The smallest absolute Gasteiger partial charge is 0.267 e. The summed E-state index contributed by atoms with van der Waals surface area (Å²) in [7, 11) is -3.31. The van der Waals surface area contributed by atoms with Crippen LogP contribution in [-0.4, -0.2) is 33.8 Å². The van der Waals surface area contributed by atoms with Crippen LogP contribution in [0.2, 0.25) is 0 Å². The average molecular weight is 359 g/mol. The first-order valence-electron chi connectivity index (χ1n) is 7.61. The van der Waals surface area contributed by atoms with Crippen molar-refractivity contribution in [3.63, 3.8) is 0 Å². The molecule has 0 bridgehead atoms.